The fraction of sp³-hybridized carbons (Fsp3) is 0.400. The fourth-order valence-electron chi connectivity index (χ4n) is 0.644. The highest BCUT2D eigenvalue weighted by Gasteiger charge is 1.86. The van der Waals surface area contributed by atoms with Gasteiger partial charge < -0.3 is 4.74 Å². The lowest BCUT2D eigenvalue weighted by Gasteiger charge is -1.97. The SMILES string of the molecule is C=C(C)/C=C\C(=C/C)COC. The van der Waals surface area contributed by atoms with Crippen molar-refractivity contribution in [1.82, 2.24) is 0 Å². The van der Waals surface area contributed by atoms with Crippen molar-refractivity contribution in [2.45, 2.75) is 13.8 Å². The van der Waals surface area contributed by atoms with Crippen molar-refractivity contribution in [2.24, 2.45) is 0 Å². The van der Waals surface area contributed by atoms with Crippen LogP contribution in [-0.2, 0) is 4.74 Å². The zero-order chi connectivity index (χ0) is 8.69. The lowest BCUT2D eigenvalue weighted by Crippen LogP contribution is -1.90. The van der Waals surface area contributed by atoms with E-state index in [1.807, 2.05) is 32.1 Å². The molecule has 1 nitrogen and oxygen atoms in total. The standard InChI is InChI=1S/C10H16O/c1-5-10(8-11-4)7-6-9(2)3/h5-7H,2,8H2,1,3-4H3/b7-6-,10-5+. The Bertz CT molecular complexity index is 175. The van der Waals surface area contributed by atoms with Gasteiger partial charge >= 0.3 is 0 Å². The lowest BCUT2D eigenvalue weighted by atomic mass is 10.2. The molecule has 0 aliphatic rings. The van der Waals surface area contributed by atoms with Crippen molar-refractivity contribution in [3.63, 3.8) is 0 Å². The van der Waals surface area contributed by atoms with E-state index in [-0.39, 0.29) is 0 Å². The zero-order valence-corrected chi connectivity index (χ0v) is 7.55. The third-order valence-corrected chi connectivity index (χ3v) is 1.26. The molecule has 0 aliphatic heterocycles. The summed E-state index contributed by atoms with van der Waals surface area (Å²) in [7, 11) is 1.69. The van der Waals surface area contributed by atoms with Crippen molar-refractivity contribution in [1.29, 1.82) is 0 Å². The maximum atomic E-state index is 4.98. The van der Waals surface area contributed by atoms with Gasteiger partial charge in [-0.3, -0.25) is 0 Å². The Morgan fingerprint density at radius 1 is 1.45 bits per heavy atom. The minimum atomic E-state index is 0.667. The van der Waals surface area contributed by atoms with Crippen LogP contribution in [0.25, 0.3) is 0 Å². The van der Waals surface area contributed by atoms with Crippen molar-refractivity contribution in [2.75, 3.05) is 13.7 Å². The largest absolute Gasteiger partial charge is 0.380 e. The second-order valence-corrected chi connectivity index (χ2v) is 2.48. The molecular weight excluding hydrogens is 136 g/mol. The van der Waals surface area contributed by atoms with Crippen molar-refractivity contribution < 1.29 is 4.74 Å². The van der Waals surface area contributed by atoms with Crippen LogP contribution < -0.4 is 0 Å². The lowest BCUT2D eigenvalue weighted by molar-refractivity contribution is 0.228. The van der Waals surface area contributed by atoms with Crippen LogP contribution in [0.1, 0.15) is 13.8 Å². The second-order valence-electron chi connectivity index (χ2n) is 2.48. The van der Waals surface area contributed by atoms with Crippen LogP contribution in [0.4, 0.5) is 0 Å². The molecule has 0 rings (SSSR count). The van der Waals surface area contributed by atoms with Gasteiger partial charge in [-0.05, 0) is 19.4 Å². The molecule has 0 atom stereocenters. The molecule has 0 saturated carbocycles. The number of rotatable bonds is 4. The normalized spacial score (nSPS) is 12.5. The van der Waals surface area contributed by atoms with Gasteiger partial charge in [-0.1, -0.05) is 30.4 Å². The minimum absolute atomic E-state index is 0.667. The van der Waals surface area contributed by atoms with Crippen LogP contribution in [0.15, 0.2) is 36.0 Å². The van der Waals surface area contributed by atoms with E-state index in [2.05, 4.69) is 6.58 Å². The highest BCUT2D eigenvalue weighted by Crippen LogP contribution is 1.99. The highest BCUT2D eigenvalue weighted by atomic mass is 16.5. The molecule has 62 valence electrons. The average molecular weight is 152 g/mol. The van der Waals surface area contributed by atoms with Crippen LogP contribution in [0.5, 0.6) is 0 Å². The Labute approximate surface area is 69.1 Å². The molecule has 11 heavy (non-hydrogen) atoms. The van der Waals surface area contributed by atoms with Crippen molar-refractivity contribution in [3.8, 4) is 0 Å². The molecule has 1 heteroatoms. The van der Waals surface area contributed by atoms with E-state index >= 15 is 0 Å². The van der Waals surface area contributed by atoms with Crippen LogP contribution >= 0.6 is 0 Å². The predicted molar refractivity (Wildman–Crippen MR) is 49.6 cm³/mol. The van der Waals surface area contributed by atoms with Gasteiger partial charge in [0.2, 0.25) is 0 Å². The first-order valence-corrected chi connectivity index (χ1v) is 3.68. The minimum Gasteiger partial charge on any atom is -0.380 e. The summed E-state index contributed by atoms with van der Waals surface area (Å²) >= 11 is 0. The van der Waals surface area contributed by atoms with Crippen LogP contribution in [0.2, 0.25) is 0 Å². The van der Waals surface area contributed by atoms with Crippen LogP contribution in [-0.4, -0.2) is 13.7 Å². The molecule has 0 amide bonds. The maximum Gasteiger partial charge on any atom is 0.0709 e. The van der Waals surface area contributed by atoms with Gasteiger partial charge in [-0.2, -0.15) is 0 Å². The number of methoxy groups -OCH3 is 1. The molecule has 0 aliphatic carbocycles. The van der Waals surface area contributed by atoms with E-state index in [1.165, 1.54) is 5.57 Å². The number of hydrogen-bond donors (Lipinski definition) is 0. The highest BCUT2D eigenvalue weighted by molar-refractivity contribution is 5.25. The van der Waals surface area contributed by atoms with E-state index < -0.39 is 0 Å². The molecule has 0 N–H and O–H groups in total. The van der Waals surface area contributed by atoms with Gasteiger partial charge in [0.15, 0.2) is 0 Å². The Hall–Kier alpha value is -0.820. The number of allylic oxidation sites excluding steroid dienone is 3. The molecule has 0 unspecified atom stereocenters. The molecule has 0 aromatic carbocycles. The number of hydrogen-bond acceptors (Lipinski definition) is 1. The molecule has 0 heterocycles. The molecule has 0 bridgehead atoms. The van der Waals surface area contributed by atoms with Crippen molar-refractivity contribution >= 4 is 0 Å². The first-order valence-electron chi connectivity index (χ1n) is 3.68. The Kier molecular flexibility index (Phi) is 5.49. The Balaban J connectivity index is 3.98. The molecule has 0 spiro atoms. The predicted octanol–water partition coefficient (Wildman–Crippen LogP) is 2.71. The summed E-state index contributed by atoms with van der Waals surface area (Å²) in [5.41, 5.74) is 2.23. The maximum absolute atomic E-state index is 4.98. The van der Waals surface area contributed by atoms with E-state index in [9.17, 15) is 0 Å². The van der Waals surface area contributed by atoms with Gasteiger partial charge in [0.05, 0.1) is 6.61 Å². The van der Waals surface area contributed by atoms with E-state index in [0.717, 1.165) is 5.57 Å². The molecule has 0 fully saturated rings. The Morgan fingerprint density at radius 3 is 2.45 bits per heavy atom. The topological polar surface area (TPSA) is 9.23 Å². The van der Waals surface area contributed by atoms with Gasteiger partial charge in [0.25, 0.3) is 0 Å². The smallest absolute Gasteiger partial charge is 0.0709 e. The van der Waals surface area contributed by atoms with Crippen LogP contribution in [0, 0.1) is 0 Å². The van der Waals surface area contributed by atoms with Gasteiger partial charge in [-0.15, -0.1) is 0 Å². The fourth-order valence-corrected chi connectivity index (χ4v) is 0.644. The van der Waals surface area contributed by atoms with Gasteiger partial charge in [0, 0.05) is 7.11 Å². The molecule has 0 aromatic rings. The van der Waals surface area contributed by atoms with E-state index in [4.69, 9.17) is 4.74 Å². The number of ether oxygens (including phenoxy) is 1. The summed E-state index contributed by atoms with van der Waals surface area (Å²) in [6, 6.07) is 0. The quantitative estimate of drug-likeness (QED) is 0.563. The first-order chi connectivity index (χ1) is 5.20. The Morgan fingerprint density at radius 2 is 2.09 bits per heavy atom. The van der Waals surface area contributed by atoms with Gasteiger partial charge in [-0.25, -0.2) is 0 Å². The second kappa shape index (κ2) is 5.93. The summed E-state index contributed by atoms with van der Waals surface area (Å²) in [6.07, 6.45) is 6.03. The molecular formula is C10H16O. The zero-order valence-electron chi connectivity index (χ0n) is 7.55. The third-order valence-electron chi connectivity index (χ3n) is 1.26. The summed E-state index contributed by atoms with van der Waals surface area (Å²) in [5.74, 6) is 0. The van der Waals surface area contributed by atoms with Crippen LogP contribution in [0.3, 0.4) is 0 Å². The summed E-state index contributed by atoms with van der Waals surface area (Å²) in [4.78, 5) is 0. The molecule has 0 aromatic heterocycles. The summed E-state index contributed by atoms with van der Waals surface area (Å²) < 4.78 is 4.98. The van der Waals surface area contributed by atoms with Crippen molar-refractivity contribution in [3.05, 3.63) is 36.0 Å². The van der Waals surface area contributed by atoms with E-state index in [1.54, 1.807) is 7.11 Å². The molecule has 0 saturated heterocycles. The molecule has 0 radical (unpaired) electrons. The average Bonchev–Trinajstić information content (AvgIpc) is 1.97. The third kappa shape index (κ3) is 5.62. The van der Waals surface area contributed by atoms with E-state index in [0.29, 0.717) is 6.61 Å². The first kappa shape index (κ1) is 10.2. The van der Waals surface area contributed by atoms with Gasteiger partial charge in [0.1, 0.15) is 0 Å². The monoisotopic (exact) mass is 152 g/mol. The summed E-state index contributed by atoms with van der Waals surface area (Å²) in [5, 5.41) is 0. The summed E-state index contributed by atoms with van der Waals surface area (Å²) in [6.45, 7) is 8.40.